The van der Waals surface area contributed by atoms with Crippen LogP contribution in [0.2, 0.25) is 0 Å². The Morgan fingerprint density at radius 3 is 2.85 bits per heavy atom. The maximum absolute atomic E-state index is 12.4. The Labute approximate surface area is 159 Å². The minimum absolute atomic E-state index is 0.0120. The van der Waals surface area contributed by atoms with Gasteiger partial charge in [-0.3, -0.25) is 4.79 Å². The quantitative estimate of drug-likeness (QED) is 0.847. The van der Waals surface area contributed by atoms with Gasteiger partial charge in [0.05, 0.1) is 12.8 Å². The summed E-state index contributed by atoms with van der Waals surface area (Å²) in [6, 6.07) is 11.4. The van der Waals surface area contributed by atoms with Crippen molar-refractivity contribution >= 4 is 11.9 Å². The Morgan fingerprint density at radius 1 is 1.26 bits per heavy atom. The van der Waals surface area contributed by atoms with E-state index in [0.29, 0.717) is 18.7 Å². The number of benzene rings is 1. The fourth-order valence-corrected chi connectivity index (χ4v) is 3.39. The molecule has 2 N–H and O–H groups in total. The van der Waals surface area contributed by atoms with Gasteiger partial charge in [-0.15, -0.1) is 0 Å². The third kappa shape index (κ3) is 5.12. The number of hydrogen-bond acceptors (Lipinski definition) is 3. The zero-order valence-corrected chi connectivity index (χ0v) is 15.9. The lowest BCUT2D eigenvalue weighted by molar-refractivity contribution is 0.0947. The number of carbonyl (C=O) groups excluding carboxylic acids is 2. The van der Waals surface area contributed by atoms with Crippen LogP contribution in [0.15, 0.2) is 47.1 Å². The van der Waals surface area contributed by atoms with Crippen LogP contribution >= 0.6 is 0 Å². The summed E-state index contributed by atoms with van der Waals surface area (Å²) in [5.41, 5.74) is 1.73. The van der Waals surface area contributed by atoms with Crippen LogP contribution in [0.4, 0.5) is 4.79 Å². The summed E-state index contributed by atoms with van der Waals surface area (Å²) in [5.74, 6) is 0.839. The highest BCUT2D eigenvalue weighted by Crippen LogP contribution is 2.27. The molecule has 3 amide bonds. The molecule has 3 rings (SSSR count). The summed E-state index contributed by atoms with van der Waals surface area (Å²) in [6.07, 6.45) is 3.57. The highest BCUT2D eigenvalue weighted by molar-refractivity contribution is 5.94. The minimum Gasteiger partial charge on any atom is -0.467 e. The normalized spacial score (nSPS) is 17.0. The van der Waals surface area contributed by atoms with Gasteiger partial charge in [-0.05, 0) is 56.5 Å². The molecule has 1 saturated heterocycles. The second-order valence-corrected chi connectivity index (χ2v) is 7.28. The monoisotopic (exact) mass is 369 g/mol. The zero-order chi connectivity index (χ0) is 19.2. The summed E-state index contributed by atoms with van der Waals surface area (Å²) >= 11 is 0. The molecule has 6 nitrogen and oxygen atoms in total. The molecule has 1 fully saturated rings. The number of rotatable bonds is 5. The van der Waals surface area contributed by atoms with E-state index < -0.39 is 0 Å². The smallest absolute Gasteiger partial charge is 0.317 e. The third-order valence-corrected chi connectivity index (χ3v) is 4.74. The standard InChI is InChI=1S/C21H27N3O3/c1-15(2)23-21(26)24-10-4-8-18(14-24)16-6-3-7-17(12-16)20(25)22-13-19-9-5-11-27-19/h3,5-7,9,11-12,15,18H,4,8,10,13-14H2,1-2H3,(H,22,25)(H,23,26)/t18-/m1/s1. The molecule has 0 saturated carbocycles. The molecule has 2 heterocycles. The summed E-state index contributed by atoms with van der Waals surface area (Å²) in [5, 5.41) is 5.83. The van der Waals surface area contributed by atoms with Crippen LogP contribution in [0.3, 0.4) is 0 Å². The van der Waals surface area contributed by atoms with Gasteiger partial charge >= 0.3 is 6.03 Å². The van der Waals surface area contributed by atoms with E-state index in [1.165, 1.54) is 0 Å². The molecule has 1 aromatic carbocycles. The number of amides is 3. The maximum Gasteiger partial charge on any atom is 0.317 e. The Hall–Kier alpha value is -2.76. The predicted molar refractivity (Wildman–Crippen MR) is 104 cm³/mol. The first kappa shape index (κ1) is 19.0. The van der Waals surface area contributed by atoms with Crippen LogP contribution in [-0.4, -0.2) is 36.0 Å². The van der Waals surface area contributed by atoms with Gasteiger partial charge in [-0.1, -0.05) is 12.1 Å². The first-order valence-corrected chi connectivity index (χ1v) is 9.49. The van der Waals surface area contributed by atoms with Crippen LogP contribution in [-0.2, 0) is 6.54 Å². The fourth-order valence-electron chi connectivity index (χ4n) is 3.39. The van der Waals surface area contributed by atoms with Gasteiger partial charge in [0.1, 0.15) is 5.76 Å². The average molecular weight is 369 g/mol. The van der Waals surface area contributed by atoms with Crippen molar-refractivity contribution in [3.05, 3.63) is 59.5 Å². The van der Waals surface area contributed by atoms with E-state index >= 15 is 0 Å². The highest BCUT2D eigenvalue weighted by Gasteiger charge is 2.25. The maximum atomic E-state index is 12.4. The molecule has 144 valence electrons. The highest BCUT2D eigenvalue weighted by atomic mass is 16.3. The third-order valence-electron chi connectivity index (χ3n) is 4.74. The van der Waals surface area contributed by atoms with E-state index in [1.54, 1.807) is 12.3 Å². The summed E-state index contributed by atoms with van der Waals surface area (Å²) in [4.78, 5) is 26.6. The second-order valence-electron chi connectivity index (χ2n) is 7.28. The van der Waals surface area contributed by atoms with Gasteiger partial charge in [0.2, 0.25) is 0 Å². The largest absolute Gasteiger partial charge is 0.467 e. The van der Waals surface area contributed by atoms with Gasteiger partial charge in [0.15, 0.2) is 0 Å². The van der Waals surface area contributed by atoms with Crippen molar-refractivity contribution in [1.82, 2.24) is 15.5 Å². The predicted octanol–water partition coefficient (Wildman–Crippen LogP) is 3.51. The first-order chi connectivity index (χ1) is 13.0. The number of hydrogen-bond donors (Lipinski definition) is 2. The molecule has 0 bridgehead atoms. The lowest BCUT2D eigenvalue weighted by Gasteiger charge is -2.33. The SMILES string of the molecule is CC(C)NC(=O)N1CCC[C@@H](c2cccc(C(=O)NCc3ccco3)c2)C1. The molecule has 27 heavy (non-hydrogen) atoms. The van der Waals surface area contributed by atoms with Crippen molar-refractivity contribution in [1.29, 1.82) is 0 Å². The van der Waals surface area contributed by atoms with Gasteiger partial charge in [-0.2, -0.15) is 0 Å². The van der Waals surface area contributed by atoms with Gasteiger partial charge in [-0.25, -0.2) is 4.79 Å². The molecular formula is C21H27N3O3. The van der Waals surface area contributed by atoms with Crippen molar-refractivity contribution in [3.8, 4) is 0 Å². The average Bonchev–Trinajstić information content (AvgIpc) is 3.19. The molecule has 1 aliphatic rings. The molecule has 2 aromatic rings. The summed E-state index contributed by atoms with van der Waals surface area (Å²) in [7, 11) is 0. The number of carbonyl (C=O) groups is 2. The zero-order valence-electron chi connectivity index (χ0n) is 15.9. The van der Waals surface area contributed by atoms with E-state index in [1.807, 2.05) is 49.1 Å². The summed E-state index contributed by atoms with van der Waals surface area (Å²) in [6.45, 7) is 5.74. The molecule has 1 aliphatic heterocycles. The van der Waals surface area contributed by atoms with Crippen molar-refractivity contribution < 1.29 is 14.0 Å². The van der Waals surface area contributed by atoms with Crippen LogP contribution in [0, 0.1) is 0 Å². The van der Waals surface area contributed by atoms with Crippen molar-refractivity contribution in [2.24, 2.45) is 0 Å². The lowest BCUT2D eigenvalue weighted by Crippen LogP contribution is -2.47. The number of likely N-dealkylation sites (tertiary alicyclic amines) is 1. The van der Waals surface area contributed by atoms with Crippen molar-refractivity contribution in [2.45, 2.75) is 45.2 Å². The molecule has 1 aromatic heterocycles. The fraction of sp³-hybridized carbons (Fsp3) is 0.429. The lowest BCUT2D eigenvalue weighted by atomic mass is 9.89. The van der Waals surface area contributed by atoms with Crippen molar-refractivity contribution in [3.63, 3.8) is 0 Å². The molecule has 0 spiro atoms. The molecule has 6 heteroatoms. The van der Waals surface area contributed by atoms with Gasteiger partial charge in [0.25, 0.3) is 5.91 Å². The van der Waals surface area contributed by atoms with E-state index in [2.05, 4.69) is 10.6 Å². The Balaban J connectivity index is 1.63. The van der Waals surface area contributed by atoms with E-state index in [0.717, 1.165) is 30.7 Å². The Bertz CT molecular complexity index is 771. The van der Waals surface area contributed by atoms with E-state index in [9.17, 15) is 9.59 Å². The van der Waals surface area contributed by atoms with E-state index in [-0.39, 0.29) is 23.9 Å². The molecule has 1 atom stereocenters. The number of nitrogens with zero attached hydrogens (tertiary/aromatic N) is 1. The molecular weight excluding hydrogens is 342 g/mol. The van der Waals surface area contributed by atoms with Gasteiger partial charge in [0, 0.05) is 30.6 Å². The second kappa shape index (κ2) is 8.75. The minimum atomic E-state index is -0.126. The van der Waals surface area contributed by atoms with Gasteiger partial charge < -0.3 is 20.0 Å². The van der Waals surface area contributed by atoms with Crippen LogP contribution in [0.1, 0.15) is 54.3 Å². The van der Waals surface area contributed by atoms with Crippen LogP contribution in [0.5, 0.6) is 0 Å². The topological polar surface area (TPSA) is 74.6 Å². The Kier molecular flexibility index (Phi) is 6.16. The summed E-state index contributed by atoms with van der Waals surface area (Å²) < 4.78 is 5.24. The van der Waals surface area contributed by atoms with Crippen molar-refractivity contribution in [2.75, 3.05) is 13.1 Å². The Morgan fingerprint density at radius 2 is 2.11 bits per heavy atom. The van der Waals surface area contributed by atoms with Crippen LogP contribution in [0.25, 0.3) is 0 Å². The molecule has 0 unspecified atom stereocenters. The number of urea groups is 1. The molecule has 0 radical (unpaired) electrons. The first-order valence-electron chi connectivity index (χ1n) is 9.49. The number of furan rings is 1. The van der Waals surface area contributed by atoms with Crippen LogP contribution < -0.4 is 10.6 Å². The number of nitrogens with one attached hydrogen (secondary N) is 2. The number of piperidine rings is 1. The molecule has 0 aliphatic carbocycles. The van der Waals surface area contributed by atoms with E-state index in [4.69, 9.17) is 4.42 Å².